The number of halogens is 2. The number of nitrogens with two attached hydrogens (primary N) is 1. The zero-order chi connectivity index (χ0) is 14.2. The Balaban J connectivity index is 2.60. The Hall–Kier alpha value is -1.27. The number of hydrogen-bond donors (Lipinski definition) is 2. The Morgan fingerprint density at radius 2 is 1.68 bits per heavy atom. The van der Waals surface area contributed by atoms with Crippen molar-refractivity contribution in [3.63, 3.8) is 0 Å². The van der Waals surface area contributed by atoms with Gasteiger partial charge in [0.15, 0.2) is 0 Å². The Morgan fingerprint density at radius 1 is 1.00 bits per heavy atom. The maximum Gasteiger partial charge on any atom is 0.239 e. The van der Waals surface area contributed by atoms with E-state index in [1.54, 1.807) is 0 Å². The van der Waals surface area contributed by atoms with Crippen molar-refractivity contribution < 1.29 is 13.5 Å². The maximum atomic E-state index is 11.2. The first kappa shape index (κ1) is 14.1. The van der Waals surface area contributed by atoms with E-state index >= 15 is 0 Å². The van der Waals surface area contributed by atoms with Gasteiger partial charge in [0, 0.05) is 10.6 Å². The molecule has 100 valence electrons. The van der Waals surface area contributed by atoms with E-state index in [9.17, 15) is 13.5 Å². The highest BCUT2D eigenvalue weighted by Crippen LogP contribution is 2.34. The van der Waals surface area contributed by atoms with Gasteiger partial charge < -0.3 is 5.11 Å². The number of primary sulfonamides is 1. The van der Waals surface area contributed by atoms with Crippen molar-refractivity contribution in [2.75, 3.05) is 0 Å². The molecule has 2 rings (SSSR count). The van der Waals surface area contributed by atoms with Gasteiger partial charge in [-0.1, -0.05) is 29.3 Å². The minimum absolute atomic E-state index is 0.000547. The van der Waals surface area contributed by atoms with E-state index in [-0.39, 0.29) is 15.7 Å². The van der Waals surface area contributed by atoms with Crippen LogP contribution >= 0.6 is 23.2 Å². The van der Waals surface area contributed by atoms with Crippen molar-refractivity contribution in [3.05, 3.63) is 46.4 Å². The van der Waals surface area contributed by atoms with Crippen molar-refractivity contribution in [1.82, 2.24) is 0 Å². The summed E-state index contributed by atoms with van der Waals surface area (Å²) in [6.45, 7) is 0. The second-order valence-corrected chi connectivity index (χ2v) is 6.20. The molecule has 0 radical (unpaired) electrons. The van der Waals surface area contributed by atoms with Crippen LogP contribution in [0.3, 0.4) is 0 Å². The Bertz CT molecular complexity index is 745. The van der Waals surface area contributed by atoms with Gasteiger partial charge in [0.1, 0.15) is 10.6 Å². The van der Waals surface area contributed by atoms with E-state index < -0.39 is 10.0 Å². The third-order valence-electron chi connectivity index (χ3n) is 2.50. The molecule has 2 aromatic rings. The molecule has 0 spiro atoms. The summed E-state index contributed by atoms with van der Waals surface area (Å²) in [4.78, 5) is -0.158. The van der Waals surface area contributed by atoms with Gasteiger partial charge in [0.2, 0.25) is 10.0 Å². The van der Waals surface area contributed by atoms with Crippen LogP contribution in [0.4, 0.5) is 0 Å². The molecule has 0 saturated heterocycles. The number of sulfonamides is 1. The molecule has 0 unspecified atom stereocenters. The number of phenols is 1. The van der Waals surface area contributed by atoms with Gasteiger partial charge in [-0.05, 0) is 35.9 Å². The molecule has 2 aromatic carbocycles. The SMILES string of the molecule is NS(=O)(=O)c1ccc(-c2cc(O)ccc2Cl)cc1Cl. The molecule has 0 fully saturated rings. The van der Waals surface area contributed by atoms with Crippen LogP contribution in [-0.4, -0.2) is 13.5 Å². The topological polar surface area (TPSA) is 80.4 Å². The highest BCUT2D eigenvalue weighted by Gasteiger charge is 2.14. The van der Waals surface area contributed by atoms with E-state index in [4.69, 9.17) is 28.3 Å². The molecule has 0 bridgehead atoms. The monoisotopic (exact) mass is 317 g/mol. The number of rotatable bonds is 2. The molecule has 0 aliphatic carbocycles. The molecular formula is C12H9Cl2NO3S. The first-order valence-electron chi connectivity index (χ1n) is 5.10. The molecule has 0 atom stereocenters. The lowest BCUT2D eigenvalue weighted by Crippen LogP contribution is -2.12. The zero-order valence-electron chi connectivity index (χ0n) is 9.47. The Kier molecular flexibility index (Phi) is 3.73. The van der Waals surface area contributed by atoms with Gasteiger partial charge in [-0.25, -0.2) is 13.6 Å². The number of benzene rings is 2. The maximum absolute atomic E-state index is 11.2. The predicted molar refractivity (Wildman–Crippen MR) is 74.9 cm³/mol. The molecular weight excluding hydrogens is 309 g/mol. The van der Waals surface area contributed by atoms with Crippen LogP contribution in [0.1, 0.15) is 0 Å². The Morgan fingerprint density at radius 3 is 2.26 bits per heavy atom. The second-order valence-electron chi connectivity index (χ2n) is 3.85. The van der Waals surface area contributed by atoms with Gasteiger partial charge in [-0.3, -0.25) is 0 Å². The summed E-state index contributed by atoms with van der Waals surface area (Å²) >= 11 is 11.9. The number of phenolic OH excluding ortho intramolecular Hbond substituents is 1. The number of hydrogen-bond acceptors (Lipinski definition) is 3. The smallest absolute Gasteiger partial charge is 0.239 e. The molecule has 0 aliphatic heterocycles. The fourth-order valence-corrected chi connectivity index (χ4v) is 2.95. The molecule has 0 heterocycles. The quantitative estimate of drug-likeness (QED) is 0.893. The second kappa shape index (κ2) is 5.02. The summed E-state index contributed by atoms with van der Waals surface area (Å²) in [6, 6.07) is 8.70. The average molecular weight is 318 g/mol. The highest BCUT2D eigenvalue weighted by atomic mass is 35.5. The first-order chi connectivity index (χ1) is 8.79. The largest absolute Gasteiger partial charge is 0.508 e. The Labute approximate surface area is 120 Å². The summed E-state index contributed by atoms with van der Waals surface area (Å²) in [5.41, 5.74) is 1.13. The van der Waals surface area contributed by atoms with E-state index in [1.165, 1.54) is 36.4 Å². The highest BCUT2D eigenvalue weighted by molar-refractivity contribution is 7.89. The lowest BCUT2D eigenvalue weighted by atomic mass is 10.1. The summed E-state index contributed by atoms with van der Waals surface area (Å²) in [5.74, 6) is 0.0473. The standard InChI is InChI=1S/C12H9Cl2NO3S/c13-10-3-2-8(16)6-9(10)7-1-4-12(11(14)5-7)19(15,17)18/h1-6,16H,(H2,15,17,18). The molecule has 0 saturated carbocycles. The molecule has 19 heavy (non-hydrogen) atoms. The van der Waals surface area contributed by atoms with Crippen LogP contribution in [0.25, 0.3) is 11.1 Å². The van der Waals surface area contributed by atoms with Crippen LogP contribution in [-0.2, 0) is 10.0 Å². The fourth-order valence-electron chi connectivity index (χ4n) is 1.63. The fraction of sp³-hybridized carbons (Fsp3) is 0. The zero-order valence-corrected chi connectivity index (χ0v) is 11.8. The number of aromatic hydroxyl groups is 1. The van der Waals surface area contributed by atoms with E-state index in [2.05, 4.69) is 0 Å². The lowest BCUT2D eigenvalue weighted by Gasteiger charge is -2.08. The van der Waals surface area contributed by atoms with E-state index in [0.717, 1.165) is 0 Å². The third-order valence-corrected chi connectivity index (χ3v) is 4.22. The van der Waals surface area contributed by atoms with Gasteiger partial charge in [0.25, 0.3) is 0 Å². The van der Waals surface area contributed by atoms with Crippen molar-refractivity contribution in [1.29, 1.82) is 0 Å². The lowest BCUT2D eigenvalue weighted by molar-refractivity contribution is 0.475. The van der Waals surface area contributed by atoms with Gasteiger partial charge in [-0.2, -0.15) is 0 Å². The molecule has 4 nitrogen and oxygen atoms in total. The van der Waals surface area contributed by atoms with Crippen LogP contribution in [0.15, 0.2) is 41.3 Å². The van der Waals surface area contributed by atoms with Crippen molar-refractivity contribution in [2.45, 2.75) is 4.90 Å². The molecule has 0 amide bonds. The van der Waals surface area contributed by atoms with Crippen molar-refractivity contribution in [3.8, 4) is 16.9 Å². The predicted octanol–water partition coefficient (Wildman–Crippen LogP) is 3.01. The van der Waals surface area contributed by atoms with Crippen LogP contribution in [0, 0.1) is 0 Å². The van der Waals surface area contributed by atoms with Gasteiger partial charge in [-0.15, -0.1) is 0 Å². The van der Waals surface area contributed by atoms with Crippen LogP contribution < -0.4 is 5.14 Å². The van der Waals surface area contributed by atoms with Crippen LogP contribution in [0.2, 0.25) is 10.0 Å². The van der Waals surface area contributed by atoms with E-state index in [0.29, 0.717) is 16.1 Å². The molecule has 3 N–H and O–H groups in total. The van der Waals surface area contributed by atoms with Gasteiger partial charge in [0.05, 0.1) is 5.02 Å². The summed E-state index contributed by atoms with van der Waals surface area (Å²) in [5, 5.41) is 14.9. The first-order valence-corrected chi connectivity index (χ1v) is 7.40. The van der Waals surface area contributed by atoms with Crippen molar-refractivity contribution in [2.24, 2.45) is 5.14 Å². The van der Waals surface area contributed by atoms with Crippen LogP contribution in [0.5, 0.6) is 5.75 Å². The minimum atomic E-state index is -3.87. The normalized spacial score (nSPS) is 11.5. The van der Waals surface area contributed by atoms with Gasteiger partial charge >= 0.3 is 0 Å². The average Bonchev–Trinajstić information content (AvgIpc) is 2.30. The van der Waals surface area contributed by atoms with Crippen molar-refractivity contribution >= 4 is 33.2 Å². The third kappa shape index (κ3) is 3.01. The molecule has 0 aliphatic rings. The van der Waals surface area contributed by atoms with E-state index in [1.807, 2.05) is 0 Å². The molecule has 0 aromatic heterocycles. The summed E-state index contributed by atoms with van der Waals surface area (Å²) in [7, 11) is -3.87. The summed E-state index contributed by atoms with van der Waals surface area (Å²) < 4.78 is 22.5. The minimum Gasteiger partial charge on any atom is -0.508 e. The summed E-state index contributed by atoms with van der Waals surface area (Å²) in [6.07, 6.45) is 0. The molecule has 7 heteroatoms.